The van der Waals surface area contributed by atoms with Crippen molar-refractivity contribution in [1.82, 2.24) is 10.2 Å². The van der Waals surface area contributed by atoms with E-state index in [4.69, 9.17) is 16.3 Å². The minimum absolute atomic E-state index is 0.0651. The van der Waals surface area contributed by atoms with Gasteiger partial charge in [0.2, 0.25) is 5.91 Å². The lowest BCUT2D eigenvalue weighted by Gasteiger charge is -2.23. The van der Waals surface area contributed by atoms with Crippen molar-refractivity contribution in [2.75, 3.05) is 33.9 Å². The number of hydrogen-bond donors (Lipinski definition) is 1. The first-order valence-electron chi connectivity index (χ1n) is 6.71. The van der Waals surface area contributed by atoms with Crippen molar-refractivity contribution < 1.29 is 14.3 Å². The lowest BCUT2D eigenvalue weighted by molar-refractivity contribution is -0.122. The third kappa shape index (κ3) is 5.83. The number of ether oxygens (including phenoxy) is 1. The zero-order valence-electron chi connectivity index (χ0n) is 12.6. The predicted octanol–water partition coefficient (Wildman–Crippen LogP) is 1.61. The van der Waals surface area contributed by atoms with Crippen LogP contribution in [0.5, 0.6) is 0 Å². The topological polar surface area (TPSA) is 58.6 Å². The van der Waals surface area contributed by atoms with E-state index in [2.05, 4.69) is 5.32 Å². The standard InChI is InChI=1S/C15H21ClN2O3/c1-11(15(20)12-5-4-6-13(16)9-12)18(2)10-14(19)17-7-8-21-3/h4-6,9,11H,7-8,10H2,1-3H3,(H,17,19). The van der Waals surface area contributed by atoms with Crippen molar-refractivity contribution in [2.45, 2.75) is 13.0 Å². The molecule has 1 rings (SSSR count). The van der Waals surface area contributed by atoms with Crippen LogP contribution in [0.2, 0.25) is 5.02 Å². The summed E-state index contributed by atoms with van der Waals surface area (Å²) in [5.41, 5.74) is 0.543. The van der Waals surface area contributed by atoms with Gasteiger partial charge in [0.1, 0.15) is 0 Å². The normalized spacial score (nSPS) is 12.2. The van der Waals surface area contributed by atoms with Crippen LogP contribution in [0.1, 0.15) is 17.3 Å². The maximum Gasteiger partial charge on any atom is 0.234 e. The number of amides is 1. The Morgan fingerprint density at radius 1 is 1.43 bits per heavy atom. The average molecular weight is 313 g/mol. The Kier molecular flexibility index (Phi) is 7.36. The highest BCUT2D eigenvalue weighted by Gasteiger charge is 2.21. The van der Waals surface area contributed by atoms with E-state index in [0.29, 0.717) is 23.7 Å². The van der Waals surface area contributed by atoms with E-state index in [-0.39, 0.29) is 18.2 Å². The number of likely N-dealkylation sites (N-methyl/N-ethyl adjacent to an activating group) is 1. The molecule has 21 heavy (non-hydrogen) atoms. The smallest absolute Gasteiger partial charge is 0.234 e. The molecule has 0 aliphatic carbocycles. The highest BCUT2D eigenvalue weighted by molar-refractivity contribution is 6.31. The van der Waals surface area contributed by atoms with E-state index < -0.39 is 6.04 Å². The Morgan fingerprint density at radius 3 is 2.76 bits per heavy atom. The number of Topliss-reactive ketones (excluding diaryl/α,β-unsaturated/α-hetero) is 1. The van der Waals surface area contributed by atoms with E-state index in [1.54, 1.807) is 50.2 Å². The summed E-state index contributed by atoms with van der Waals surface area (Å²) in [6, 6.07) is 6.40. The van der Waals surface area contributed by atoms with Gasteiger partial charge in [-0.05, 0) is 26.1 Å². The second-order valence-electron chi connectivity index (χ2n) is 4.81. The van der Waals surface area contributed by atoms with Gasteiger partial charge >= 0.3 is 0 Å². The molecule has 5 nitrogen and oxygen atoms in total. The Morgan fingerprint density at radius 2 is 2.14 bits per heavy atom. The highest BCUT2D eigenvalue weighted by atomic mass is 35.5. The lowest BCUT2D eigenvalue weighted by Crippen LogP contribution is -2.43. The van der Waals surface area contributed by atoms with Gasteiger partial charge < -0.3 is 10.1 Å². The summed E-state index contributed by atoms with van der Waals surface area (Å²) in [6.45, 7) is 2.84. The van der Waals surface area contributed by atoms with Crippen molar-refractivity contribution >= 4 is 23.3 Å². The quantitative estimate of drug-likeness (QED) is 0.585. The first-order chi connectivity index (χ1) is 9.95. The Bertz CT molecular complexity index is 494. The molecule has 0 aromatic heterocycles. The van der Waals surface area contributed by atoms with Gasteiger partial charge in [-0.3, -0.25) is 14.5 Å². The molecule has 0 spiro atoms. The van der Waals surface area contributed by atoms with Crippen LogP contribution >= 0.6 is 11.6 Å². The van der Waals surface area contributed by atoms with Gasteiger partial charge in [-0.2, -0.15) is 0 Å². The SMILES string of the molecule is COCCNC(=O)CN(C)C(C)C(=O)c1cccc(Cl)c1. The Hall–Kier alpha value is -1.43. The van der Waals surface area contributed by atoms with Crippen LogP contribution in [0.15, 0.2) is 24.3 Å². The molecule has 116 valence electrons. The van der Waals surface area contributed by atoms with E-state index in [1.807, 2.05) is 0 Å². The number of nitrogens with zero attached hydrogens (tertiary/aromatic N) is 1. The van der Waals surface area contributed by atoms with Gasteiger partial charge in [0.15, 0.2) is 5.78 Å². The summed E-state index contributed by atoms with van der Waals surface area (Å²) in [5, 5.41) is 3.24. The maximum atomic E-state index is 12.3. The molecule has 0 aliphatic rings. The molecule has 0 aliphatic heterocycles. The molecule has 1 atom stereocenters. The van der Waals surface area contributed by atoms with Crippen molar-refractivity contribution in [3.8, 4) is 0 Å². The van der Waals surface area contributed by atoms with Crippen LogP contribution < -0.4 is 5.32 Å². The molecule has 1 N–H and O–H groups in total. The summed E-state index contributed by atoms with van der Waals surface area (Å²) in [6.07, 6.45) is 0. The van der Waals surface area contributed by atoms with E-state index in [9.17, 15) is 9.59 Å². The van der Waals surface area contributed by atoms with Crippen LogP contribution in [-0.4, -0.2) is 56.5 Å². The van der Waals surface area contributed by atoms with Crippen LogP contribution in [0, 0.1) is 0 Å². The number of carbonyl (C=O) groups is 2. The van der Waals surface area contributed by atoms with Crippen molar-refractivity contribution in [3.63, 3.8) is 0 Å². The molecular weight excluding hydrogens is 292 g/mol. The van der Waals surface area contributed by atoms with Crippen LogP contribution in [0.25, 0.3) is 0 Å². The summed E-state index contributed by atoms with van der Waals surface area (Å²) < 4.78 is 4.86. The minimum Gasteiger partial charge on any atom is -0.383 e. The molecule has 1 amide bonds. The third-order valence-electron chi connectivity index (χ3n) is 3.17. The number of hydrogen-bond acceptors (Lipinski definition) is 4. The minimum atomic E-state index is -0.406. The van der Waals surface area contributed by atoms with E-state index in [1.165, 1.54) is 0 Å². The van der Waals surface area contributed by atoms with Gasteiger partial charge in [-0.1, -0.05) is 23.7 Å². The monoisotopic (exact) mass is 312 g/mol. The largest absolute Gasteiger partial charge is 0.383 e. The fourth-order valence-corrected chi connectivity index (χ4v) is 1.99. The summed E-state index contributed by atoms with van der Waals surface area (Å²) in [7, 11) is 3.31. The van der Waals surface area contributed by atoms with Crippen molar-refractivity contribution in [2.24, 2.45) is 0 Å². The van der Waals surface area contributed by atoms with Crippen LogP contribution in [0.4, 0.5) is 0 Å². The van der Waals surface area contributed by atoms with Gasteiger partial charge in [0, 0.05) is 24.2 Å². The fraction of sp³-hybridized carbons (Fsp3) is 0.467. The molecule has 1 unspecified atom stereocenters. The molecule has 6 heteroatoms. The molecular formula is C15H21ClN2O3. The van der Waals surface area contributed by atoms with Crippen LogP contribution in [-0.2, 0) is 9.53 Å². The molecule has 0 bridgehead atoms. The van der Waals surface area contributed by atoms with E-state index >= 15 is 0 Å². The van der Waals surface area contributed by atoms with Crippen molar-refractivity contribution in [3.05, 3.63) is 34.9 Å². The third-order valence-corrected chi connectivity index (χ3v) is 3.41. The zero-order chi connectivity index (χ0) is 15.8. The molecule has 0 heterocycles. The summed E-state index contributed by atoms with van der Waals surface area (Å²) >= 11 is 5.89. The van der Waals surface area contributed by atoms with Gasteiger partial charge in [0.05, 0.1) is 19.2 Å². The predicted molar refractivity (Wildman–Crippen MR) is 82.8 cm³/mol. The molecule has 1 aromatic rings. The second kappa shape index (κ2) is 8.77. The molecule has 1 aromatic carbocycles. The highest BCUT2D eigenvalue weighted by Crippen LogP contribution is 2.14. The Labute approximate surface area is 130 Å². The maximum absolute atomic E-state index is 12.3. The first kappa shape index (κ1) is 17.6. The van der Waals surface area contributed by atoms with Gasteiger partial charge in [0.25, 0.3) is 0 Å². The molecule has 0 radical (unpaired) electrons. The summed E-state index contributed by atoms with van der Waals surface area (Å²) in [4.78, 5) is 25.7. The number of methoxy groups -OCH3 is 1. The number of rotatable bonds is 8. The number of carbonyl (C=O) groups excluding carboxylic acids is 2. The lowest BCUT2D eigenvalue weighted by atomic mass is 10.0. The van der Waals surface area contributed by atoms with E-state index in [0.717, 1.165) is 0 Å². The Balaban J connectivity index is 2.55. The van der Waals surface area contributed by atoms with Crippen LogP contribution in [0.3, 0.4) is 0 Å². The number of nitrogens with one attached hydrogen (secondary N) is 1. The second-order valence-corrected chi connectivity index (χ2v) is 5.24. The van der Waals surface area contributed by atoms with Crippen molar-refractivity contribution in [1.29, 1.82) is 0 Å². The zero-order valence-corrected chi connectivity index (χ0v) is 13.3. The fourth-order valence-electron chi connectivity index (χ4n) is 1.79. The van der Waals surface area contributed by atoms with Gasteiger partial charge in [-0.15, -0.1) is 0 Å². The number of ketones is 1. The molecule has 0 saturated heterocycles. The summed E-state index contributed by atoms with van der Waals surface area (Å²) in [5.74, 6) is -0.204. The molecule has 0 fully saturated rings. The first-order valence-corrected chi connectivity index (χ1v) is 7.09. The average Bonchev–Trinajstić information content (AvgIpc) is 2.45. The number of halogens is 1. The van der Waals surface area contributed by atoms with Gasteiger partial charge in [-0.25, -0.2) is 0 Å². The number of benzene rings is 1. The molecule has 0 saturated carbocycles.